The number of aliphatic carboxylic acids is 1. The number of hydrogen-bond acceptors (Lipinski definition) is 2. The van der Waals surface area contributed by atoms with E-state index in [4.69, 9.17) is 5.11 Å². The highest BCUT2D eigenvalue weighted by Gasteiger charge is 1.94. The van der Waals surface area contributed by atoms with Crippen molar-refractivity contribution in [1.82, 2.24) is 4.90 Å². The Hall–Kier alpha value is -1.53. The SMILES string of the molecule is CC.CN(C)CC(=O)O.Cc1c#cccc1. The average Bonchev–Trinajstić information content (AvgIpc) is 2.20. The van der Waals surface area contributed by atoms with E-state index in [2.05, 4.69) is 12.1 Å². The van der Waals surface area contributed by atoms with E-state index in [1.54, 1.807) is 19.0 Å². The van der Waals surface area contributed by atoms with Crippen LogP contribution in [0, 0.1) is 19.1 Å². The van der Waals surface area contributed by atoms with Crippen LogP contribution in [0.15, 0.2) is 18.2 Å². The molecule has 3 nitrogen and oxygen atoms in total. The van der Waals surface area contributed by atoms with E-state index in [9.17, 15) is 4.79 Å². The van der Waals surface area contributed by atoms with Gasteiger partial charge in [-0.1, -0.05) is 38.1 Å². The van der Waals surface area contributed by atoms with Gasteiger partial charge in [-0.25, -0.2) is 0 Å². The van der Waals surface area contributed by atoms with Gasteiger partial charge in [-0.2, -0.15) is 0 Å². The molecule has 0 saturated carbocycles. The molecule has 0 aliphatic heterocycles. The van der Waals surface area contributed by atoms with Gasteiger partial charge in [-0.15, -0.1) is 0 Å². The molecule has 0 heterocycles. The second kappa shape index (κ2) is 11.5. The van der Waals surface area contributed by atoms with Gasteiger partial charge >= 0.3 is 5.97 Å². The Morgan fingerprint density at radius 1 is 1.44 bits per heavy atom. The minimum absolute atomic E-state index is 0.111. The van der Waals surface area contributed by atoms with E-state index in [1.165, 1.54) is 0 Å². The molecule has 3 heteroatoms. The minimum atomic E-state index is -0.787. The third-order valence-corrected chi connectivity index (χ3v) is 1.25. The number of carbonyl (C=O) groups is 1. The third kappa shape index (κ3) is 15.0. The summed E-state index contributed by atoms with van der Waals surface area (Å²) in [6.07, 6.45) is 0. The van der Waals surface area contributed by atoms with Crippen LogP contribution in [-0.4, -0.2) is 36.6 Å². The van der Waals surface area contributed by atoms with Crippen LogP contribution in [0.1, 0.15) is 19.4 Å². The fourth-order valence-electron chi connectivity index (χ4n) is 0.708. The smallest absolute Gasteiger partial charge is 0.317 e. The number of carboxylic acid groups (broad SMARTS) is 1. The number of nitrogens with zero attached hydrogens (tertiary/aromatic N) is 1. The number of aryl methyl sites for hydroxylation is 1. The highest BCUT2D eigenvalue weighted by atomic mass is 16.4. The number of hydrogen-bond donors (Lipinski definition) is 1. The maximum absolute atomic E-state index is 9.77. The van der Waals surface area contributed by atoms with Crippen LogP contribution in [0.5, 0.6) is 0 Å². The lowest BCUT2D eigenvalue weighted by molar-refractivity contribution is -0.137. The van der Waals surface area contributed by atoms with E-state index >= 15 is 0 Å². The molecule has 0 aliphatic rings. The van der Waals surface area contributed by atoms with Crippen molar-refractivity contribution in [2.45, 2.75) is 20.8 Å². The largest absolute Gasteiger partial charge is 0.480 e. The van der Waals surface area contributed by atoms with Gasteiger partial charge in [0.05, 0.1) is 6.54 Å². The monoisotopic (exact) mass is 223 g/mol. The molecule has 0 spiro atoms. The lowest BCUT2D eigenvalue weighted by atomic mass is 10.3. The molecule has 0 atom stereocenters. The number of carboxylic acids is 1. The summed E-state index contributed by atoms with van der Waals surface area (Å²) in [6, 6.07) is 11.5. The Bertz CT molecular complexity index is 258. The summed E-state index contributed by atoms with van der Waals surface area (Å²) in [6.45, 7) is 6.11. The average molecular weight is 223 g/mol. The summed E-state index contributed by atoms with van der Waals surface area (Å²) in [5.41, 5.74) is 1.14. The highest BCUT2D eigenvalue weighted by molar-refractivity contribution is 5.68. The molecule has 90 valence electrons. The molecule has 0 fully saturated rings. The van der Waals surface area contributed by atoms with E-state index in [1.807, 2.05) is 39.0 Å². The van der Waals surface area contributed by atoms with Crippen molar-refractivity contribution < 1.29 is 9.90 Å². The van der Waals surface area contributed by atoms with E-state index in [0.717, 1.165) is 5.56 Å². The predicted molar refractivity (Wildman–Crippen MR) is 66.4 cm³/mol. The molecule has 1 N–H and O–H groups in total. The quantitative estimate of drug-likeness (QED) is 0.836. The zero-order valence-electron chi connectivity index (χ0n) is 10.7. The van der Waals surface area contributed by atoms with Crippen molar-refractivity contribution in [3.63, 3.8) is 0 Å². The first kappa shape index (κ1) is 16.9. The van der Waals surface area contributed by atoms with Gasteiger partial charge in [0, 0.05) is 0 Å². The third-order valence-electron chi connectivity index (χ3n) is 1.25. The second-order valence-corrected chi connectivity index (χ2v) is 3.11. The standard InChI is InChI=1S/C7H6.C4H9NO2.C2H6/c1-7-5-3-2-4-6-7;1-5(2)3-4(6)7;1-2/h2-3,5H,1H3;3H2,1-2H3,(H,6,7);1-2H3. The molecule has 1 aromatic carbocycles. The predicted octanol–water partition coefficient (Wildman–Crippen LogP) is 2.25. The maximum Gasteiger partial charge on any atom is 0.317 e. The van der Waals surface area contributed by atoms with Gasteiger partial charge in [0.1, 0.15) is 0 Å². The van der Waals surface area contributed by atoms with Crippen LogP contribution in [0.4, 0.5) is 0 Å². The lowest BCUT2D eigenvalue weighted by Gasteiger charge is -2.01. The molecule has 0 unspecified atom stereocenters. The highest BCUT2D eigenvalue weighted by Crippen LogP contribution is 1.85. The molecule has 0 aromatic heterocycles. The molecular weight excluding hydrogens is 202 g/mol. The minimum Gasteiger partial charge on any atom is -0.480 e. The summed E-state index contributed by atoms with van der Waals surface area (Å²) in [5.74, 6) is -0.787. The van der Waals surface area contributed by atoms with Gasteiger partial charge in [0.15, 0.2) is 0 Å². The van der Waals surface area contributed by atoms with Crippen LogP contribution < -0.4 is 0 Å². The van der Waals surface area contributed by atoms with Gasteiger partial charge in [0.2, 0.25) is 0 Å². The van der Waals surface area contributed by atoms with Crippen LogP contribution >= 0.6 is 0 Å². The second-order valence-electron chi connectivity index (χ2n) is 3.11. The molecule has 0 aliphatic carbocycles. The summed E-state index contributed by atoms with van der Waals surface area (Å²) < 4.78 is 0. The number of likely N-dealkylation sites (N-methyl/N-ethyl adjacent to an activating group) is 1. The zero-order valence-corrected chi connectivity index (χ0v) is 10.7. The summed E-state index contributed by atoms with van der Waals surface area (Å²) in [7, 11) is 3.43. The molecule has 0 bridgehead atoms. The zero-order chi connectivity index (χ0) is 13.0. The molecule has 16 heavy (non-hydrogen) atoms. The molecule has 0 radical (unpaired) electrons. The molecule has 1 aromatic rings. The summed E-state index contributed by atoms with van der Waals surface area (Å²) in [5, 5.41) is 8.04. The molecule has 0 saturated heterocycles. The van der Waals surface area contributed by atoms with Gasteiger partial charge < -0.3 is 5.11 Å². The summed E-state index contributed by atoms with van der Waals surface area (Å²) >= 11 is 0. The van der Waals surface area contributed by atoms with Crippen molar-refractivity contribution in [2.24, 2.45) is 0 Å². The maximum atomic E-state index is 9.77. The van der Waals surface area contributed by atoms with E-state index in [0.29, 0.717) is 0 Å². The van der Waals surface area contributed by atoms with Gasteiger partial charge in [-0.05, 0) is 32.6 Å². The van der Waals surface area contributed by atoms with E-state index < -0.39 is 5.97 Å². The molecule has 0 amide bonds. The van der Waals surface area contributed by atoms with Crippen molar-refractivity contribution >= 4 is 5.97 Å². The first-order valence-corrected chi connectivity index (χ1v) is 5.24. The van der Waals surface area contributed by atoms with E-state index in [-0.39, 0.29) is 6.54 Å². The topological polar surface area (TPSA) is 40.5 Å². The normalized spacial score (nSPS) is 7.88. The molecular formula is C13H21NO2. The Balaban J connectivity index is 0. The Kier molecular flexibility index (Phi) is 12.2. The van der Waals surface area contributed by atoms with Crippen LogP contribution in [0.3, 0.4) is 0 Å². The Labute approximate surface area is 98.7 Å². The Morgan fingerprint density at radius 2 is 2.00 bits per heavy atom. The summed E-state index contributed by atoms with van der Waals surface area (Å²) in [4.78, 5) is 11.4. The lowest BCUT2D eigenvalue weighted by Crippen LogP contribution is -2.20. The van der Waals surface area contributed by atoms with Crippen LogP contribution in [-0.2, 0) is 4.79 Å². The molecule has 1 rings (SSSR count). The van der Waals surface area contributed by atoms with Crippen molar-refractivity contribution in [2.75, 3.05) is 20.6 Å². The van der Waals surface area contributed by atoms with Crippen LogP contribution in [0.25, 0.3) is 0 Å². The van der Waals surface area contributed by atoms with Gasteiger partial charge in [-0.3, -0.25) is 9.69 Å². The first-order chi connectivity index (χ1) is 7.52. The van der Waals surface area contributed by atoms with Crippen molar-refractivity contribution in [1.29, 1.82) is 0 Å². The Morgan fingerprint density at radius 3 is 2.12 bits per heavy atom. The fourth-order valence-corrected chi connectivity index (χ4v) is 0.708. The fraction of sp³-hybridized carbons (Fsp3) is 0.462. The van der Waals surface area contributed by atoms with Crippen molar-refractivity contribution in [3.05, 3.63) is 35.9 Å². The van der Waals surface area contributed by atoms with Crippen molar-refractivity contribution in [3.8, 4) is 0 Å². The van der Waals surface area contributed by atoms with Gasteiger partial charge in [0.25, 0.3) is 0 Å². The first-order valence-electron chi connectivity index (χ1n) is 5.24. The number of rotatable bonds is 2. The van der Waals surface area contributed by atoms with Crippen LogP contribution in [0.2, 0.25) is 0 Å².